The van der Waals surface area contributed by atoms with Crippen LogP contribution in [0.4, 0.5) is 0 Å². The molecule has 0 amide bonds. The number of methoxy groups -OCH3 is 1. The highest BCUT2D eigenvalue weighted by atomic mass is 16.7. The molecule has 2 aromatic carbocycles. The average Bonchev–Trinajstić information content (AvgIpc) is 3.13. The van der Waals surface area contributed by atoms with Crippen LogP contribution in [0.1, 0.15) is 18.1 Å². The van der Waals surface area contributed by atoms with Crippen LogP contribution >= 0.6 is 0 Å². The van der Waals surface area contributed by atoms with Crippen molar-refractivity contribution in [2.24, 2.45) is 4.99 Å². The molecule has 7 heteroatoms. The van der Waals surface area contributed by atoms with E-state index in [0.717, 1.165) is 29.2 Å². The lowest BCUT2D eigenvalue weighted by Gasteiger charge is -2.13. The molecule has 0 fully saturated rings. The number of nitrogens with zero attached hydrogens (tertiary/aromatic N) is 1. The molecule has 3 N–H and O–H groups in total. The van der Waals surface area contributed by atoms with Gasteiger partial charge in [-0.15, -0.1) is 0 Å². The highest BCUT2D eigenvalue weighted by Crippen LogP contribution is 2.32. The van der Waals surface area contributed by atoms with Gasteiger partial charge in [-0.2, -0.15) is 0 Å². The van der Waals surface area contributed by atoms with Crippen molar-refractivity contribution in [3.63, 3.8) is 0 Å². The van der Waals surface area contributed by atoms with Crippen molar-refractivity contribution >= 4 is 5.96 Å². The van der Waals surface area contributed by atoms with E-state index in [1.165, 1.54) is 0 Å². The van der Waals surface area contributed by atoms with Crippen LogP contribution in [0, 0.1) is 0 Å². The number of aliphatic imine (C=N–C) groups is 1. The molecule has 1 heterocycles. The van der Waals surface area contributed by atoms with Crippen LogP contribution in [0.5, 0.6) is 23.0 Å². The summed E-state index contributed by atoms with van der Waals surface area (Å²) < 4.78 is 15.9. The third-order valence-corrected chi connectivity index (χ3v) is 3.93. The maximum atomic E-state index is 9.99. The van der Waals surface area contributed by atoms with Gasteiger partial charge in [0.25, 0.3) is 0 Å². The predicted octanol–water partition coefficient (Wildman–Crippen LogP) is 2.38. The van der Waals surface area contributed by atoms with Gasteiger partial charge in [0, 0.05) is 18.7 Å². The van der Waals surface area contributed by atoms with E-state index in [4.69, 9.17) is 14.2 Å². The van der Waals surface area contributed by atoms with Gasteiger partial charge in [-0.3, -0.25) is 0 Å². The van der Waals surface area contributed by atoms with E-state index < -0.39 is 0 Å². The van der Waals surface area contributed by atoms with Crippen molar-refractivity contribution in [3.8, 4) is 23.0 Å². The Kier molecular flexibility index (Phi) is 5.68. The highest BCUT2D eigenvalue weighted by Gasteiger charge is 2.13. The van der Waals surface area contributed by atoms with E-state index in [2.05, 4.69) is 15.6 Å². The average molecular weight is 357 g/mol. The standard InChI is InChI=1S/C19H23N3O4/c1-3-20-19(22-11-14-9-15(24-2)5-6-16(14)23)21-10-13-4-7-17-18(8-13)26-12-25-17/h4-9,23H,3,10-12H2,1-2H3,(H2,20,21,22). The second kappa shape index (κ2) is 8.33. The molecule has 0 saturated heterocycles. The molecule has 0 aliphatic carbocycles. The van der Waals surface area contributed by atoms with Crippen LogP contribution in [0.25, 0.3) is 0 Å². The Hall–Kier alpha value is -3.09. The maximum Gasteiger partial charge on any atom is 0.231 e. The number of fused-ring (bicyclic) bond motifs is 1. The summed E-state index contributed by atoms with van der Waals surface area (Å²) in [4.78, 5) is 4.58. The first kappa shape index (κ1) is 17.7. The largest absolute Gasteiger partial charge is 0.508 e. The van der Waals surface area contributed by atoms with Crippen LogP contribution in [0.2, 0.25) is 0 Å². The number of nitrogens with one attached hydrogen (secondary N) is 2. The third kappa shape index (κ3) is 4.30. The molecule has 26 heavy (non-hydrogen) atoms. The molecular weight excluding hydrogens is 334 g/mol. The van der Waals surface area contributed by atoms with Gasteiger partial charge in [0.05, 0.1) is 13.7 Å². The van der Waals surface area contributed by atoms with E-state index in [0.29, 0.717) is 24.8 Å². The van der Waals surface area contributed by atoms with Crippen molar-refractivity contribution in [2.75, 3.05) is 20.4 Å². The number of phenols is 1. The maximum absolute atomic E-state index is 9.99. The highest BCUT2D eigenvalue weighted by molar-refractivity contribution is 5.79. The van der Waals surface area contributed by atoms with Gasteiger partial charge in [-0.1, -0.05) is 6.07 Å². The zero-order valence-corrected chi connectivity index (χ0v) is 14.9. The first-order valence-electron chi connectivity index (χ1n) is 8.46. The van der Waals surface area contributed by atoms with E-state index in [-0.39, 0.29) is 12.5 Å². The van der Waals surface area contributed by atoms with E-state index >= 15 is 0 Å². The number of ether oxygens (including phenoxy) is 3. The van der Waals surface area contributed by atoms with Crippen LogP contribution in [0.15, 0.2) is 41.4 Å². The Bertz CT molecular complexity index is 792. The SMILES string of the molecule is CCNC(=NCc1ccc2c(c1)OCO2)NCc1cc(OC)ccc1O. The predicted molar refractivity (Wildman–Crippen MR) is 98.9 cm³/mol. The lowest BCUT2D eigenvalue weighted by molar-refractivity contribution is 0.174. The third-order valence-electron chi connectivity index (χ3n) is 3.93. The van der Waals surface area contributed by atoms with Gasteiger partial charge in [-0.05, 0) is 42.8 Å². The molecule has 7 nitrogen and oxygen atoms in total. The summed E-state index contributed by atoms with van der Waals surface area (Å²) in [5.74, 6) is 3.08. The lowest BCUT2D eigenvalue weighted by Crippen LogP contribution is -2.36. The van der Waals surface area contributed by atoms with E-state index in [1.54, 1.807) is 25.3 Å². The van der Waals surface area contributed by atoms with Crippen LogP contribution in [-0.2, 0) is 13.1 Å². The van der Waals surface area contributed by atoms with Gasteiger partial charge in [-0.25, -0.2) is 4.99 Å². The fraction of sp³-hybridized carbons (Fsp3) is 0.316. The molecule has 2 aromatic rings. The summed E-state index contributed by atoms with van der Waals surface area (Å²) in [5.41, 5.74) is 1.76. The second-order valence-electron chi connectivity index (χ2n) is 5.73. The monoisotopic (exact) mass is 357 g/mol. The molecule has 0 saturated carbocycles. The molecule has 1 aliphatic heterocycles. The molecule has 0 atom stereocenters. The Morgan fingerprint density at radius 3 is 2.81 bits per heavy atom. The number of phenolic OH excluding ortho intramolecular Hbond substituents is 1. The summed E-state index contributed by atoms with van der Waals surface area (Å²) in [7, 11) is 1.60. The first-order valence-corrected chi connectivity index (χ1v) is 8.46. The summed E-state index contributed by atoms with van der Waals surface area (Å²) in [6.07, 6.45) is 0. The van der Waals surface area contributed by atoms with Gasteiger partial charge < -0.3 is 30.0 Å². The zero-order chi connectivity index (χ0) is 18.4. The Labute approximate surface area is 152 Å². The van der Waals surface area contributed by atoms with Gasteiger partial charge in [0.2, 0.25) is 6.79 Å². The number of guanidine groups is 1. The summed E-state index contributed by atoms with van der Waals surface area (Å²) in [5, 5.41) is 16.4. The number of hydrogen-bond acceptors (Lipinski definition) is 5. The molecule has 1 aliphatic rings. The summed E-state index contributed by atoms with van der Waals surface area (Å²) >= 11 is 0. The molecular formula is C19H23N3O4. The van der Waals surface area contributed by atoms with Crippen molar-refractivity contribution in [2.45, 2.75) is 20.0 Å². The molecule has 0 aromatic heterocycles. The Balaban J connectivity index is 1.66. The van der Waals surface area contributed by atoms with Gasteiger partial charge in [0.1, 0.15) is 11.5 Å². The second-order valence-corrected chi connectivity index (χ2v) is 5.73. The minimum Gasteiger partial charge on any atom is -0.508 e. The number of benzene rings is 2. The smallest absolute Gasteiger partial charge is 0.231 e. The normalized spacial score (nSPS) is 12.8. The molecule has 138 valence electrons. The topological polar surface area (TPSA) is 84.3 Å². The van der Waals surface area contributed by atoms with Gasteiger partial charge >= 0.3 is 0 Å². The first-order chi connectivity index (χ1) is 12.7. The number of rotatable bonds is 6. The van der Waals surface area contributed by atoms with Gasteiger partial charge in [0.15, 0.2) is 17.5 Å². The Morgan fingerprint density at radius 1 is 1.15 bits per heavy atom. The molecule has 3 rings (SSSR count). The van der Waals surface area contributed by atoms with Crippen molar-refractivity contribution in [1.82, 2.24) is 10.6 Å². The van der Waals surface area contributed by atoms with E-state index in [1.807, 2.05) is 25.1 Å². The molecule has 0 unspecified atom stereocenters. The van der Waals surface area contributed by atoms with Crippen LogP contribution in [-0.4, -0.2) is 31.5 Å². The molecule has 0 spiro atoms. The minimum atomic E-state index is 0.213. The number of aromatic hydroxyl groups is 1. The number of hydrogen-bond donors (Lipinski definition) is 3. The lowest BCUT2D eigenvalue weighted by atomic mass is 10.2. The summed E-state index contributed by atoms with van der Waals surface area (Å²) in [6.45, 7) is 3.92. The van der Waals surface area contributed by atoms with Crippen molar-refractivity contribution in [3.05, 3.63) is 47.5 Å². The Morgan fingerprint density at radius 2 is 2.00 bits per heavy atom. The minimum absolute atomic E-state index is 0.213. The van der Waals surface area contributed by atoms with Crippen molar-refractivity contribution < 1.29 is 19.3 Å². The fourth-order valence-corrected chi connectivity index (χ4v) is 2.56. The summed E-state index contributed by atoms with van der Waals surface area (Å²) in [6, 6.07) is 10.9. The van der Waals surface area contributed by atoms with Crippen LogP contribution < -0.4 is 24.8 Å². The van der Waals surface area contributed by atoms with Crippen LogP contribution in [0.3, 0.4) is 0 Å². The van der Waals surface area contributed by atoms with Crippen molar-refractivity contribution in [1.29, 1.82) is 0 Å². The molecule has 0 radical (unpaired) electrons. The zero-order valence-electron chi connectivity index (χ0n) is 14.9. The van der Waals surface area contributed by atoms with E-state index in [9.17, 15) is 5.11 Å². The fourth-order valence-electron chi connectivity index (χ4n) is 2.56. The quantitative estimate of drug-likeness (QED) is 0.544. The molecule has 0 bridgehead atoms.